The lowest BCUT2D eigenvalue weighted by atomic mass is 10.4. The van der Waals surface area contributed by atoms with E-state index in [1.165, 1.54) is 101 Å². The molecule has 0 saturated heterocycles. The van der Waals surface area contributed by atoms with E-state index in [-0.39, 0.29) is 0 Å². The average molecular weight is 589 g/mol. The van der Waals surface area contributed by atoms with Crippen molar-refractivity contribution in [2.45, 2.75) is 107 Å². The third kappa shape index (κ3) is 15.2. The Bertz CT molecular complexity index is 477. The van der Waals surface area contributed by atoms with E-state index in [9.17, 15) is 0 Å². The van der Waals surface area contributed by atoms with E-state index >= 15 is 0 Å². The molecule has 206 valence electrons. The van der Waals surface area contributed by atoms with E-state index < -0.39 is 0 Å². The maximum absolute atomic E-state index is 2.74. The van der Waals surface area contributed by atoms with Crippen molar-refractivity contribution in [1.29, 1.82) is 0 Å². The fourth-order valence-electron chi connectivity index (χ4n) is 3.86. The van der Waals surface area contributed by atoms with Gasteiger partial charge in [0, 0.05) is 26.2 Å². The van der Waals surface area contributed by atoms with Crippen molar-refractivity contribution >= 4 is 70.8 Å². The van der Waals surface area contributed by atoms with Gasteiger partial charge in [0.05, 0.1) is 8.64 Å². The van der Waals surface area contributed by atoms with Gasteiger partial charge in [-0.05, 0) is 116 Å². The summed E-state index contributed by atoms with van der Waals surface area (Å²) in [5.41, 5.74) is 0. The molecule has 2 nitrogen and oxygen atoms in total. The van der Waals surface area contributed by atoms with Crippen LogP contribution in [0.1, 0.15) is 107 Å². The number of hydrogen-bond donors (Lipinski definition) is 0. The van der Waals surface area contributed by atoms with Crippen LogP contribution in [-0.2, 0) is 0 Å². The summed E-state index contributed by atoms with van der Waals surface area (Å²) in [6.45, 7) is 23.6. The van der Waals surface area contributed by atoms with Crippen LogP contribution in [0.2, 0.25) is 0 Å². The van der Waals surface area contributed by atoms with Gasteiger partial charge in [-0.2, -0.15) is 21.0 Å². The lowest BCUT2D eigenvalue weighted by molar-refractivity contribution is 0.430. The van der Waals surface area contributed by atoms with Crippen molar-refractivity contribution < 1.29 is 0 Å². The van der Waals surface area contributed by atoms with E-state index in [0.717, 1.165) is 0 Å². The van der Waals surface area contributed by atoms with E-state index in [2.05, 4.69) is 86.8 Å². The lowest BCUT2D eigenvalue weighted by Crippen LogP contribution is -2.31. The molecule has 8 heteroatoms. The van der Waals surface area contributed by atoms with Gasteiger partial charge in [-0.1, -0.05) is 55.4 Å². The topological polar surface area (TPSA) is 6.48 Å². The maximum Gasteiger partial charge on any atom is 0.0875 e. The molecular formula is C26H56N2S6. The zero-order valence-electron chi connectivity index (χ0n) is 23.7. The summed E-state index contributed by atoms with van der Waals surface area (Å²) < 4.78 is 3.37. The highest BCUT2D eigenvalue weighted by Gasteiger charge is 2.18. The normalized spacial score (nSPS) is 12.0. The molecule has 0 aromatic carbocycles. The minimum absolute atomic E-state index is 0.407. The second-order valence-electron chi connectivity index (χ2n) is 8.61. The molecule has 34 heavy (non-hydrogen) atoms. The highest BCUT2D eigenvalue weighted by atomic mass is 33.7. The third-order valence-electron chi connectivity index (χ3n) is 5.02. The van der Waals surface area contributed by atoms with Gasteiger partial charge >= 0.3 is 0 Å². The third-order valence-corrected chi connectivity index (χ3v) is 18.4. The van der Waals surface area contributed by atoms with Gasteiger partial charge in [0.2, 0.25) is 0 Å². The van der Waals surface area contributed by atoms with Crippen LogP contribution in [0.4, 0.5) is 0 Å². The zero-order chi connectivity index (χ0) is 25.6. The quantitative estimate of drug-likeness (QED) is 0.0835. The molecule has 0 bridgehead atoms. The van der Waals surface area contributed by atoms with Crippen molar-refractivity contribution in [3.05, 3.63) is 0 Å². The van der Waals surface area contributed by atoms with Crippen LogP contribution < -0.4 is 0 Å². The summed E-state index contributed by atoms with van der Waals surface area (Å²) >= 11 is 0. The average Bonchev–Trinajstić information content (AvgIpc) is 2.81. The van der Waals surface area contributed by atoms with Gasteiger partial charge in [0.15, 0.2) is 0 Å². The molecular weight excluding hydrogens is 533 g/mol. The molecule has 0 rings (SSSR count). The molecule has 0 N–H and O–H groups in total. The van der Waals surface area contributed by atoms with Crippen LogP contribution in [0.3, 0.4) is 0 Å². The Balaban J connectivity index is 5.70. The van der Waals surface area contributed by atoms with Crippen molar-refractivity contribution in [2.75, 3.05) is 49.2 Å². The Labute approximate surface area is 235 Å². The first kappa shape index (κ1) is 35.8. The summed E-state index contributed by atoms with van der Waals surface area (Å²) in [5.74, 6) is 5.42. The fourth-order valence-corrected chi connectivity index (χ4v) is 18.0. The minimum atomic E-state index is 0.407. The highest BCUT2D eigenvalue weighted by Crippen LogP contribution is 2.48. The minimum Gasteiger partial charge on any atom is -0.264 e. The van der Waals surface area contributed by atoms with Gasteiger partial charge in [-0.15, -0.1) is 0 Å². The molecule has 0 amide bonds. The highest BCUT2D eigenvalue weighted by molar-refractivity contribution is 9.29. The van der Waals surface area contributed by atoms with E-state index in [4.69, 9.17) is 0 Å². The molecule has 0 fully saturated rings. The van der Waals surface area contributed by atoms with Crippen LogP contribution in [0.25, 0.3) is 0 Å². The largest absolute Gasteiger partial charge is 0.264 e. The smallest absolute Gasteiger partial charge is 0.0875 e. The Morgan fingerprint density at radius 3 is 0.912 bits per heavy atom. The molecule has 0 aliphatic carbocycles. The Kier molecular flexibility index (Phi) is 26.4. The van der Waals surface area contributed by atoms with Crippen molar-refractivity contribution in [3.63, 3.8) is 0 Å². The molecule has 0 aliphatic rings. The molecule has 0 radical (unpaired) electrons. The monoisotopic (exact) mass is 588 g/mol. The molecule has 0 aliphatic heterocycles. The van der Waals surface area contributed by atoms with Gasteiger partial charge in [-0.25, -0.2) is 0 Å². The van der Waals surface area contributed by atoms with Crippen molar-refractivity contribution in [3.8, 4) is 0 Å². The first-order valence-electron chi connectivity index (χ1n) is 13.8. The maximum atomic E-state index is 2.74. The Hall–Kier alpha value is 1.76. The SMILES string of the molecule is CCCN(CCC)C(SSSSC(N(CCC)CCC)=S(CCC)CCC)=S(CCC)CCC. The predicted octanol–water partition coefficient (Wildman–Crippen LogP) is 10.3. The van der Waals surface area contributed by atoms with Gasteiger partial charge in [0.1, 0.15) is 0 Å². The van der Waals surface area contributed by atoms with Gasteiger partial charge in [-0.3, -0.25) is 9.80 Å². The van der Waals surface area contributed by atoms with Gasteiger partial charge in [0.25, 0.3) is 0 Å². The first-order chi connectivity index (χ1) is 16.6. The lowest BCUT2D eigenvalue weighted by Gasteiger charge is -2.28. The van der Waals surface area contributed by atoms with Crippen LogP contribution in [-0.4, -0.2) is 67.6 Å². The first-order valence-corrected chi connectivity index (χ1v) is 21.8. The molecule has 0 heterocycles. The van der Waals surface area contributed by atoms with Crippen molar-refractivity contribution in [2.24, 2.45) is 0 Å². The Morgan fingerprint density at radius 1 is 0.441 bits per heavy atom. The summed E-state index contributed by atoms with van der Waals surface area (Å²) in [7, 11) is 9.09. The van der Waals surface area contributed by atoms with E-state index in [1.807, 2.05) is 19.7 Å². The predicted molar refractivity (Wildman–Crippen MR) is 181 cm³/mol. The zero-order valence-corrected chi connectivity index (χ0v) is 28.6. The summed E-state index contributed by atoms with van der Waals surface area (Å²) in [6.07, 6.45) is 10.1. The molecule has 0 saturated carbocycles. The second-order valence-corrected chi connectivity index (χ2v) is 19.2. The van der Waals surface area contributed by atoms with Gasteiger partial charge < -0.3 is 0 Å². The summed E-state index contributed by atoms with van der Waals surface area (Å²) in [6, 6.07) is 0. The fraction of sp³-hybridized carbons (Fsp3) is 0.923. The number of nitrogens with zero attached hydrogens (tertiary/aromatic N) is 2. The van der Waals surface area contributed by atoms with Crippen LogP contribution in [0, 0.1) is 0 Å². The molecule has 0 aromatic rings. The number of rotatable bonds is 19. The van der Waals surface area contributed by atoms with Crippen LogP contribution >= 0.6 is 62.2 Å². The molecule has 0 spiro atoms. The second kappa shape index (κ2) is 25.1. The molecule has 0 aromatic heterocycles. The summed E-state index contributed by atoms with van der Waals surface area (Å²) in [5, 5.41) is 0. The number of hydrogen-bond acceptors (Lipinski definition) is 4. The van der Waals surface area contributed by atoms with Crippen LogP contribution in [0.5, 0.6) is 0 Å². The van der Waals surface area contributed by atoms with Crippen LogP contribution in [0.15, 0.2) is 0 Å². The van der Waals surface area contributed by atoms with Crippen molar-refractivity contribution in [1.82, 2.24) is 9.80 Å². The summed E-state index contributed by atoms with van der Waals surface area (Å²) in [4.78, 5) is 5.47. The van der Waals surface area contributed by atoms with E-state index in [0.29, 0.717) is 21.0 Å². The standard InChI is InChI=1S/C26H56N2S6/c1-9-17-27(18-10-2)25(33(21-13-5)22-14-6)29-31-32-30-26(28(19-11-3)20-12-4)34(23-15-7)24-16-8/h9-24H2,1-8H3. The molecule has 0 unspecified atom stereocenters. The van der Waals surface area contributed by atoms with E-state index in [1.54, 1.807) is 8.64 Å². The Morgan fingerprint density at radius 2 is 0.706 bits per heavy atom. The molecule has 0 atom stereocenters.